The van der Waals surface area contributed by atoms with Crippen molar-refractivity contribution in [2.45, 2.75) is 20.3 Å². The zero-order valence-electron chi connectivity index (χ0n) is 8.79. The van der Waals surface area contributed by atoms with E-state index in [4.69, 9.17) is 0 Å². The summed E-state index contributed by atoms with van der Waals surface area (Å²) in [5, 5.41) is 0. The highest BCUT2D eigenvalue weighted by molar-refractivity contribution is 5.82. The van der Waals surface area contributed by atoms with Crippen LogP contribution in [0.4, 0.5) is 0 Å². The highest BCUT2D eigenvalue weighted by Gasteiger charge is 2.07. The minimum absolute atomic E-state index is 0.680. The van der Waals surface area contributed by atoms with E-state index < -0.39 is 0 Å². The van der Waals surface area contributed by atoms with Crippen molar-refractivity contribution in [3.05, 3.63) is 35.6 Å². The van der Waals surface area contributed by atoms with Crippen LogP contribution < -0.4 is 0 Å². The van der Waals surface area contributed by atoms with Crippen molar-refractivity contribution in [2.24, 2.45) is 0 Å². The third-order valence-electron chi connectivity index (χ3n) is 2.34. The Labute approximate surface area is 85.6 Å². The Morgan fingerprint density at radius 1 is 1.50 bits per heavy atom. The first kappa shape index (κ1) is 10.8. The molecule has 0 aromatic rings. The molecule has 2 nitrogen and oxygen atoms in total. The summed E-state index contributed by atoms with van der Waals surface area (Å²) in [6, 6.07) is 0. The smallest absolute Gasteiger partial charge is 0.233 e. The number of hydrogen-bond acceptors (Lipinski definition) is 2. The normalized spacial score (nSPS) is 18.1. The van der Waals surface area contributed by atoms with E-state index in [1.807, 2.05) is 18.4 Å². The zero-order chi connectivity index (χ0) is 10.4. The average Bonchev–Trinajstić information content (AvgIpc) is 2.26. The van der Waals surface area contributed by atoms with Crippen molar-refractivity contribution in [1.29, 1.82) is 0 Å². The Kier molecular flexibility index (Phi) is 4.17. The van der Waals surface area contributed by atoms with Crippen LogP contribution in [0.2, 0.25) is 0 Å². The Hall–Kier alpha value is -1.31. The minimum Gasteiger partial charge on any atom is -0.378 e. The summed E-state index contributed by atoms with van der Waals surface area (Å²) in [5.41, 5.74) is 1.74. The maximum Gasteiger partial charge on any atom is 0.233 e. The Balaban J connectivity index is 2.81. The predicted molar refractivity (Wildman–Crippen MR) is 58.5 cm³/mol. The van der Waals surface area contributed by atoms with Crippen molar-refractivity contribution in [3.63, 3.8) is 0 Å². The minimum atomic E-state index is 0.680. The molecule has 0 atom stereocenters. The fourth-order valence-electron chi connectivity index (χ4n) is 1.42. The molecule has 0 bridgehead atoms. The lowest BCUT2D eigenvalue weighted by Crippen LogP contribution is -2.17. The molecule has 0 N–H and O–H groups in total. The van der Waals surface area contributed by atoms with Gasteiger partial charge < -0.3 is 4.90 Å². The molecule has 1 rings (SSSR count). The van der Waals surface area contributed by atoms with Gasteiger partial charge in [0.05, 0.1) is 0 Å². The molecule has 0 fully saturated rings. The molecule has 1 aliphatic carbocycles. The maximum atomic E-state index is 10.6. The summed E-state index contributed by atoms with van der Waals surface area (Å²) in [5.74, 6) is 0. The van der Waals surface area contributed by atoms with Gasteiger partial charge in [0.25, 0.3) is 0 Å². The molecule has 1 aliphatic rings. The number of allylic oxidation sites excluding steroid dienone is 5. The summed E-state index contributed by atoms with van der Waals surface area (Å²) < 4.78 is 0. The van der Waals surface area contributed by atoms with Gasteiger partial charge in [-0.1, -0.05) is 18.2 Å². The first-order valence-corrected chi connectivity index (χ1v) is 5.01. The van der Waals surface area contributed by atoms with Gasteiger partial charge in [0.1, 0.15) is 0 Å². The lowest BCUT2D eigenvalue weighted by atomic mass is 10.0. The number of nitrogens with zero attached hydrogens (tertiary/aromatic N) is 1. The molecule has 0 aliphatic heterocycles. The third-order valence-corrected chi connectivity index (χ3v) is 2.34. The van der Waals surface area contributed by atoms with E-state index in [1.165, 1.54) is 0 Å². The number of rotatable bonds is 4. The van der Waals surface area contributed by atoms with Crippen molar-refractivity contribution >= 4 is 6.29 Å². The van der Waals surface area contributed by atoms with Crippen LogP contribution in [0.3, 0.4) is 0 Å². The molecular formula is C12H16NO. The van der Waals surface area contributed by atoms with Crippen LogP contribution in [-0.2, 0) is 4.79 Å². The molecule has 0 aromatic carbocycles. The van der Waals surface area contributed by atoms with Crippen LogP contribution in [0.25, 0.3) is 0 Å². The molecule has 0 amide bonds. The predicted octanol–water partition coefficient (Wildman–Crippen LogP) is 2.21. The van der Waals surface area contributed by atoms with E-state index in [0.29, 0.717) is 5.57 Å². The van der Waals surface area contributed by atoms with Gasteiger partial charge in [-0.05, 0) is 25.8 Å². The van der Waals surface area contributed by atoms with Gasteiger partial charge in [0.2, 0.25) is 6.29 Å². The van der Waals surface area contributed by atoms with Crippen molar-refractivity contribution in [2.75, 3.05) is 13.1 Å². The largest absolute Gasteiger partial charge is 0.378 e. The van der Waals surface area contributed by atoms with Gasteiger partial charge in [-0.25, -0.2) is 0 Å². The summed E-state index contributed by atoms with van der Waals surface area (Å²) in [7, 11) is 0. The van der Waals surface area contributed by atoms with E-state index in [-0.39, 0.29) is 0 Å². The molecule has 14 heavy (non-hydrogen) atoms. The Morgan fingerprint density at radius 3 is 2.79 bits per heavy atom. The second-order valence-corrected chi connectivity index (χ2v) is 3.19. The van der Waals surface area contributed by atoms with Crippen LogP contribution in [0.5, 0.6) is 0 Å². The molecule has 0 aromatic heterocycles. The van der Waals surface area contributed by atoms with E-state index >= 15 is 0 Å². The molecule has 1 radical (unpaired) electrons. The van der Waals surface area contributed by atoms with Crippen LogP contribution in [0, 0.1) is 0 Å². The van der Waals surface area contributed by atoms with E-state index in [2.05, 4.69) is 31.0 Å². The quantitative estimate of drug-likeness (QED) is 0.677. The van der Waals surface area contributed by atoms with E-state index in [0.717, 1.165) is 25.1 Å². The summed E-state index contributed by atoms with van der Waals surface area (Å²) >= 11 is 0. The summed E-state index contributed by atoms with van der Waals surface area (Å²) in [4.78, 5) is 12.8. The monoisotopic (exact) mass is 190 g/mol. The van der Waals surface area contributed by atoms with Gasteiger partial charge in [-0.15, -0.1) is 0 Å². The molecular weight excluding hydrogens is 174 g/mol. The Bertz CT molecular complexity index is 283. The highest BCUT2D eigenvalue weighted by atomic mass is 16.1. The van der Waals surface area contributed by atoms with Gasteiger partial charge >= 0.3 is 0 Å². The van der Waals surface area contributed by atoms with E-state index in [9.17, 15) is 4.79 Å². The molecule has 75 valence electrons. The second kappa shape index (κ2) is 5.43. The third kappa shape index (κ3) is 2.59. The van der Waals surface area contributed by atoms with E-state index in [1.54, 1.807) is 0 Å². The molecule has 2 heteroatoms. The fourth-order valence-corrected chi connectivity index (χ4v) is 1.42. The highest BCUT2D eigenvalue weighted by Crippen LogP contribution is 2.18. The first-order chi connectivity index (χ1) is 6.81. The van der Waals surface area contributed by atoms with Crippen molar-refractivity contribution in [1.82, 2.24) is 4.90 Å². The molecule has 0 heterocycles. The van der Waals surface area contributed by atoms with Gasteiger partial charge in [-0.2, -0.15) is 0 Å². The lowest BCUT2D eigenvalue weighted by molar-refractivity contribution is 0.415. The van der Waals surface area contributed by atoms with Crippen LogP contribution in [0.1, 0.15) is 20.3 Å². The van der Waals surface area contributed by atoms with Crippen molar-refractivity contribution < 1.29 is 4.79 Å². The summed E-state index contributed by atoms with van der Waals surface area (Å²) in [6.07, 6.45) is 10.6. The maximum absolute atomic E-state index is 10.6. The van der Waals surface area contributed by atoms with Crippen molar-refractivity contribution in [3.8, 4) is 0 Å². The number of hydrogen-bond donors (Lipinski definition) is 0. The van der Waals surface area contributed by atoms with Gasteiger partial charge in [0.15, 0.2) is 0 Å². The standard InChI is InChI=1S/C12H16NO/c1-3-13(4-2)9-11-7-5-6-8-12(11)10-14/h5-6,8-9H,3-4,7H2,1-2H3. The van der Waals surface area contributed by atoms with Crippen LogP contribution in [0.15, 0.2) is 35.6 Å². The first-order valence-electron chi connectivity index (χ1n) is 5.01. The second-order valence-electron chi connectivity index (χ2n) is 3.19. The molecule has 0 saturated carbocycles. The number of carbonyl (C=O) groups excluding carboxylic acids is 1. The Morgan fingerprint density at radius 2 is 2.21 bits per heavy atom. The zero-order valence-corrected chi connectivity index (χ0v) is 8.79. The average molecular weight is 190 g/mol. The van der Waals surface area contributed by atoms with Crippen LogP contribution >= 0.6 is 0 Å². The topological polar surface area (TPSA) is 20.3 Å². The van der Waals surface area contributed by atoms with Gasteiger partial charge in [-0.3, -0.25) is 4.79 Å². The van der Waals surface area contributed by atoms with Crippen LogP contribution in [-0.4, -0.2) is 24.3 Å². The molecule has 0 saturated heterocycles. The summed E-state index contributed by atoms with van der Waals surface area (Å²) in [6.45, 7) is 6.15. The SMILES string of the molecule is CCN(C=C1CC=CC=C1[C]=O)CC. The van der Waals surface area contributed by atoms with Gasteiger partial charge in [0, 0.05) is 24.9 Å². The lowest BCUT2D eigenvalue weighted by Gasteiger charge is -2.18. The molecule has 0 spiro atoms. The fraction of sp³-hybridized carbons (Fsp3) is 0.417. The molecule has 0 unspecified atom stereocenters.